The highest BCUT2D eigenvalue weighted by atomic mass is 79.9. The molecule has 9 heteroatoms. The molecule has 0 aliphatic heterocycles. The number of halogens is 2. The fraction of sp³-hybridized carbons (Fsp3) is 0.133. The lowest BCUT2D eigenvalue weighted by atomic mass is 10.0. The van der Waals surface area contributed by atoms with E-state index in [0.717, 1.165) is 6.26 Å². The van der Waals surface area contributed by atoms with Crippen LogP contribution in [0.2, 0.25) is 0 Å². The molecule has 3 aromatic rings. The summed E-state index contributed by atoms with van der Waals surface area (Å²) in [5.74, 6) is 0.110. The summed E-state index contributed by atoms with van der Waals surface area (Å²) in [7, 11) is -3.55. The van der Waals surface area contributed by atoms with Crippen LogP contribution in [0.3, 0.4) is 0 Å². The van der Waals surface area contributed by atoms with Crippen LogP contribution in [0.25, 0.3) is 22.5 Å². The Hall–Kier alpha value is -2.13. The molecular formula is C15H11BrFN3O3S. The lowest BCUT2D eigenvalue weighted by Crippen LogP contribution is -2.04. The van der Waals surface area contributed by atoms with E-state index in [2.05, 4.69) is 31.1 Å². The molecule has 124 valence electrons. The number of hydrogen-bond donors (Lipinski definition) is 0. The Bertz CT molecular complexity index is 987. The van der Waals surface area contributed by atoms with Crippen molar-refractivity contribution in [1.82, 2.24) is 15.1 Å². The second-order valence-electron chi connectivity index (χ2n) is 4.97. The summed E-state index contributed by atoms with van der Waals surface area (Å²) in [6.45, 7) is 0. The molecule has 0 unspecified atom stereocenters. The number of alkyl halides is 1. The SMILES string of the molecule is CS(=O)(=O)c1nccc(-c2c(-c3ccc(F)cc3)noc2CBr)n1. The van der Waals surface area contributed by atoms with Gasteiger partial charge in [0.1, 0.15) is 11.5 Å². The monoisotopic (exact) mass is 411 g/mol. The van der Waals surface area contributed by atoms with Crippen molar-refractivity contribution in [2.75, 3.05) is 6.26 Å². The maximum Gasteiger partial charge on any atom is 0.247 e. The summed E-state index contributed by atoms with van der Waals surface area (Å²) >= 11 is 3.31. The minimum Gasteiger partial charge on any atom is -0.359 e. The van der Waals surface area contributed by atoms with E-state index in [1.54, 1.807) is 18.2 Å². The molecule has 0 saturated heterocycles. The van der Waals surface area contributed by atoms with Crippen LogP contribution < -0.4 is 0 Å². The molecule has 0 spiro atoms. The minimum absolute atomic E-state index is 0.285. The lowest BCUT2D eigenvalue weighted by Gasteiger charge is -2.04. The summed E-state index contributed by atoms with van der Waals surface area (Å²) in [5.41, 5.74) is 1.97. The zero-order valence-electron chi connectivity index (χ0n) is 12.4. The zero-order chi connectivity index (χ0) is 17.3. The Morgan fingerprint density at radius 1 is 1.21 bits per heavy atom. The Labute approximate surface area is 145 Å². The van der Waals surface area contributed by atoms with Crippen molar-refractivity contribution in [3.8, 4) is 22.5 Å². The van der Waals surface area contributed by atoms with E-state index in [-0.39, 0.29) is 11.0 Å². The number of hydrogen-bond acceptors (Lipinski definition) is 6. The van der Waals surface area contributed by atoms with Gasteiger partial charge in [-0.3, -0.25) is 0 Å². The molecule has 0 amide bonds. The first kappa shape index (κ1) is 16.7. The fourth-order valence-corrected chi connectivity index (χ4v) is 3.04. The number of rotatable bonds is 4. The van der Waals surface area contributed by atoms with Crippen molar-refractivity contribution in [2.24, 2.45) is 0 Å². The van der Waals surface area contributed by atoms with E-state index in [4.69, 9.17) is 4.52 Å². The highest BCUT2D eigenvalue weighted by Crippen LogP contribution is 2.34. The molecule has 0 aliphatic carbocycles. The van der Waals surface area contributed by atoms with Crippen LogP contribution in [0.4, 0.5) is 4.39 Å². The average Bonchev–Trinajstić information content (AvgIpc) is 2.99. The maximum absolute atomic E-state index is 13.1. The Morgan fingerprint density at radius 2 is 1.92 bits per heavy atom. The van der Waals surface area contributed by atoms with Gasteiger partial charge < -0.3 is 4.52 Å². The molecule has 3 rings (SSSR count). The van der Waals surface area contributed by atoms with E-state index in [0.29, 0.717) is 33.6 Å². The fourth-order valence-electron chi connectivity index (χ4n) is 2.14. The number of aromatic nitrogens is 3. The predicted octanol–water partition coefficient (Wildman–Crippen LogP) is 3.24. The maximum atomic E-state index is 13.1. The summed E-state index contributed by atoms with van der Waals surface area (Å²) in [6, 6.07) is 7.31. The molecule has 6 nitrogen and oxygen atoms in total. The van der Waals surface area contributed by atoms with Gasteiger partial charge in [0.05, 0.1) is 16.6 Å². The van der Waals surface area contributed by atoms with Gasteiger partial charge in [-0.15, -0.1) is 0 Å². The number of nitrogens with zero attached hydrogens (tertiary/aromatic N) is 3. The van der Waals surface area contributed by atoms with Crippen LogP contribution in [0.15, 0.2) is 46.2 Å². The highest BCUT2D eigenvalue weighted by molar-refractivity contribution is 9.08. The normalized spacial score (nSPS) is 11.6. The van der Waals surface area contributed by atoms with Crippen molar-refractivity contribution in [3.05, 3.63) is 48.1 Å². The van der Waals surface area contributed by atoms with Gasteiger partial charge in [0.2, 0.25) is 15.0 Å². The van der Waals surface area contributed by atoms with E-state index < -0.39 is 9.84 Å². The van der Waals surface area contributed by atoms with E-state index in [1.807, 2.05) is 0 Å². The lowest BCUT2D eigenvalue weighted by molar-refractivity contribution is 0.398. The molecule has 0 bridgehead atoms. The minimum atomic E-state index is -3.55. The van der Waals surface area contributed by atoms with Crippen molar-refractivity contribution < 1.29 is 17.3 Å². The number of benzene rings is 1. The van der Waals surface area contributed by atoms with E-state index in [1.165, 1.54) is 18.3 Å². The van der Waals surface area contributed by atoms with Gasteiger partial charge in [0, 0.05) is 18.0 Å². The van der Waals surface area contributed by atoms with Crippen LogP contribution in [0, 0.1) is 5.82 Å². The summed E-state index contributed by atoms with van der Waals surface area (Å²) in [6.07, 6.45) is 2.39. The predicted molar refractivity (Wildman–Crippen MR) is 88.7 cm³/mol. The van der Waals surface area contributed by atoms with Gasteiger partial charge >= 0.3 is 0 Å². The summed E-state index contributed by atoms with van der Waals surface area (Å²) in [5, 5.41) is 4.09. The molecule has 0 aliphatic rings. The van der Waals surface area contributed by atoms with E-state index >= 15 is 0 Å². The zero-order valence-corrected chi connectivity index (χ0v) is 14.8. The van der Waals surface area contributed by atoms with Gasteiger partial charge in [0.15, 0.2) is 5.76 Å². The highest BCUT2D eigenvalue weighted by Gasteiger charge is 2.21. The van der Waals surface area contributed by atoms with Gasteiger partial charge in [-0.1, -0.05) is 21.1 Å². The molecule has 0 atom stereocenters. The Balaban J connectivity index is 2.21. The van der Waals surface area contributed by atoms with Gasteiger partial charge in [-0.05, 0) is 30.3 Å². The van der Waals surface area contributed by atoms with Crippen molar-refractivity contribution >= 4 is 25.8 Å². The third-order valence-corrected chi connectivity index (χ3v) is 4.59. The molecule has 0 saturated carbocycles. The summed E-state index contributed by atoms with van der Waals surface area (Å²) in [4.78, 5) is 7.88. The third-order valence-electron chi connectivity index (χ3n) is 3.22. The van der Waals surface area contributed by atoms with Crippen LogP contribution in [0.5, 0.6) is 0 Å². The standard InChI is InChI=1S/C15H11BrFN3O3S/c1-24(21,22)15-18-7-6-11(19-15)13-12(8-16)23-20-14(13)9-2-4-10(17)5-3-9/h2-7H,8H2,1H3. The van der Waals surface area contributed by atoms with Gasteiger partial charge in [-0.2, -0.15) is 0 Å². The largest absolute Gasteiger partial charge is 0.359 e. The van der Waals surface area contributed by atoms with Crippen LogP contribution in [-0.4, -0.2) is 29.8 Å². The molecule has 0 fully saturated rings. The topological polar surface area (TPSA) is 86.0 Å². The molecule has 2 aromatic heterocycles. The van der Waals surface area contributed by atoms with Crippen molar-refractivity contribution in [3.63, 3.8) is 0 Å². The first-order valence-electron chi connectivity index (χ1n) is 6.74. The molecule has 0 radical (unpaired) electrons. The molecule has 2 heterocycles. The van der Waals surface area contributed by atoms with Crippen LogP contribution in [0.1, 0.15) is 5.76 Å². The second kappa shape index (κ2) is 6.40. The summed E-state index contributed by atoms with van der Waals surface area (Å²) < 4.78 is 41.8. The first-order valence-corrected chi connectivity index (χ1v) is 9.75. The van der Waals surface area contributed by atoms with Crippen molar-refractivity contribution in [2.45, 2.75) is 10.5 Å². The van der Waals surface area contributed by atoms with Gasteiger partial charge in [-0.25, -0.2) is 22.8 Å². The first-order chi connectivity index (χ1) is 11.4. The molecule has 24 heavy (non-hydrogen) atoms. The Kier molecular flexibility index (Phi) is 4.46. The molecular weight excluding hydrogens is 401 g/mol. The third kappa shape index (κ3) is 3.22. The van der Waals surface area contributed by atoms with E-state index in [9.17, 15) is 12.8 Å². The quantitative estimate of drug-likeness (QED) is 0.483. The van der Waals surface area contributed by atoms with Crippen LogP contribution >= 0.6 is 15.9 Å². The molecule has 1 aromatic carbocycles. The second-order valence-corrected chi connectivity index (χ2v) is 7.44. The van der Waals surface area contributed by atoms with Crippen LogP contribution in [-0.2, 0) is 15.2 Å². The molecule has 0 N–H and O–H groups in total. The number of sulfone groups is 1. The van der Waals surface area contributed by atoms with Crippen molar-refractivity contribution in [1.29, 1.82) is 0 Å². The average molecular weight is 412 g/mol. The smallest absolute Gasteiger partial charge is 0.247 e. The Morgan fingerprint density at radius 3 is 2.54 bits per heavy atom. The van der Waals surface area contributed by atoms with Gasteiger partial charge in [0.25, 0.3) is 0 Å².